The van der Waals surface area contributed by atoms with Crippen LogP contribution in [0, 0.1) is 0 Å². The standard InChI is InChI=1S/C12H23NO3/c1-6-13(9-12(3,4)15)8-7-10(2)11(14)16-5/h7,15H,6,8-9H2,1-5H3. The Balaban J connectivity index is 4.29. The Kier molecular flexibility index (Phi) is 6.29. The SMILES string of the molecule is CCN(CC=C(C)C(=O)OC)CC(C)(C)O. The fourth-order valence-electron chi connectivity index (χ4n) is 1.36. The minimum atomic E-state index is -0.719. The van der Waals surface area contributed by atoms with Crippen molar-refractivity contribution in [1.82, 2.24) is 4.90 Å². The van der Waals surface area contributed by atoms with E-state index in [1.54, 1.807) is 20.8 Å². The predicted octanol–water partition coefficient (Wildman–Crippen LogP) is 1.20. The van der Waals surface area contributed by atoms with Crippen LogP contribution in [0.3, 0.4) is 0 Å². The van der Waals surface area contributed by atoms with Crippen molar-refractivity contribution in [2.45, 2.75) is 33.3 Å². The van der Waals surface area contributed by atoms with Crippen molar-refractivity contribution in [2.24, 2.45) is 0 Å². The minimum Gasteiger partial charge on any atom is -0.466 e. The Morgan fingerprint density at radius 2 is 2.06 bits per heavy atom. The summed E-state index contributed by atoms with van der Waals surface area (Å²) in [6.45, 7) is 9.33. The van der Waals surface area contributed by atoms with E-state index in [4.69, 9.17) is 0 Å². The number of carbonyl (C=O) groups excluding carboxylic acids is 1. The van der Waals surface area contributed by atoms with Gasteiger partial charge < -0.3 is 9.84 Å². The van der Waals surface area contributed by atoms with Crippen LogP contribution in [0.5, 0.6) is 0 Å². The Labute approximate surface area is 97.9 Å². The molecule has 4 heteroatoms. The van der Waals surface area contributed by atoms with Gasteiger partial charge in [-0.2, -0.15) is 0 Å². The van der Waals surface area contributed by atoms with E-state index in [0.717, 1.165) is 6.54 Å². The molecule has 0 atom stereocenters. The summed E-state index contributed by atoms with van der Waals surface area (Å²) in [5, 5.41) is 9.69. The zero-order chi connectivity index (χ0) is 12.8. The van der Waals surface area contributed by atoms with E-state index in [-0.39, 0.29) is 5.97 Å². The van der Waals surface area contributed by atoms with E-state index in [0.29, 0.717) is 18.7 Å². The summed E-state index contributed by atoms with van der Waals surface area (Å²) in [4.78, 5) is 13.2. The third-order valence-electron chi connectivity index (χ3n) is 2.22. The first kappa shape index (κ1) is 15.1. The number of carbonyl (C=O) groups is 1. The first-order valence-corrected chi connectivity index (χ1v) is 5.50. The van der Waals surface area contributed by atoms with Crippen LogP contribution in [0.1, 0.15) is 27.7 Å². The van der Waals surface area contributed by atoms with Crippen LogP contribution in [0.15, 0.2) is 11.6 Å². The fourth-order valence-corrected chi connectivity index (χ4v) is 1.36. The average Bonchev–Trinajstić information content (AvgIpc) is 2.20. The van der Waals surface area contributed by atoms with Gasteiger partial charge in [0, 0.05) is 18.7 Å². The monoisotopic (exact) mass is 229 g/mol. The number of hydrogen-bond acceptors (Lipinski definition) is 4. The second-order valence-corrected chi connectivity index (χ2v) is 4.52. The van der Waals surface area contributed by atoms with Gasteiger partial charge in [-0.3, -0.25) is 4.90 Å². The third kappa shape index (κ3) is 6.58. The topological polar surface area (TPSA) is 49.8 Å². The zero-order valence-corrected chi connectivity index (χ0v) is 10.9. The molecule has 94 valence electrons. The van der Waals surface area contributed by atoms with E-state index in [1.165, 1.54) is 7.11 Å². The summed E-state index contributed by atoms with van der Waals surface area (Å²) in [5.41, 5.74) is -0.125. The van der Waals surface area contributed by atoms with Crippen LogP contribution in [0.4, 0.5) is 0 Å². The van der Waals surface area contributed by atoms with Crippen molar-refractivity contribution in [3.63, 3.8) is 0 Å². The maximum Gasteiger partial charge on any atom is 0.333 e. The predicted molar refractivity (Wildman–Crippen MR) is 64.2 cm³/mol. The van der Waals surface area contributed by atoms with Crippen LogP contribution >= 0.6 is 0 Å². The van der Waals surface area contributed by atoms with Crippen LogP contribution < -0.4 is 0 Å². The molecule has 0 spiro atoms. The molecule has 1 N–H and O–H groups in total. The maximum atomic E-state index is 11.1. The van der Waals surface area contributed by atoms with E-state index < -0.39 is 5.60 Å². The summed E-state index contributed by atoms with van der Waals surface area (Å²) >= 11 is 0. The van der Waals surface area contributed by atoms with Crippen molar-refractivity contribution in [3.8, 4) is 0 Å². The maximum absolute atomic E-state index is 11.1. The zero-order valence-electron chi connectivity index (χ0n) is 10.9. The van der Waals surface area contributed by atoms with Gasteiger partial charge in [-0.05, 0) is 27.3 Å². The summed E-state index contributed by atoms with van der Waals surface area (Å²) < 4.78 is 4.60. The van der Waals surface area contributed by atoms with Gasteiger partial charge in [0.05, 0.1) is 12.7 Å². The van der Waals surface area contributed by atoms with Gasteiger partial charge in [0.1, 0.15) is 0 Å². The molecule has 0 aromatic heterocycles. The summed E-state index contributed by atoms with van der Waals surface area (Å²) in [5.74, 6) is -0.306. The van der Waals surface area contributed by atoms with Gasteiger partial charge >= 0.3 is 5.97 Å². The third-order valence-corrected chi connectivity index (χ3v) is 2.22. The molecule has 0 radical (unpaired) electrons. The van der Waals surface area contributed by atoms with Gasteiger partial charge in [-0.1, -0.05) is 13.0 Å². The molecule has 0 aliphatic rings. The lowest BCUT2D eigenvalue weighted by Gasteiger charge is -2.26. The first-order chi connectivity index (χ1) is 7.30. The smallest absolute Gasteiger partial charge is 0.333 e. The van der Waals surface area contributed by atoms with Gasteiger partial charge in [0.2, 0.25) is 0 Å². The Morgan fingerprint density at radius 3 is 2.44 bits per heavy atom. The summed E-state index contributed by atoms with van der Waals surface area (Å²) in [7, 11) is 1.37. The molecule has 0 saturated heterocycles. The quantitative estimate of drug-likeness (QED) is 0.549. The van der Waals surface area contributed by atoms with Crippen LogP contribution in [0.25, 0.3) is 0 Å². The molecular weight excluding hydrogens is 206 g/mol. The lowest BCUT2D eigenvalue weighted by atomic mass is 10.1. The molecule has 0 saturated carbocycles. The molecule has 4 nitrogen and oxygen atoms in total. The Hall–Kier alpha value is -0.870. The molecule has 0 amide bonds. The van der Waals surface area contributed by atoms with E-state index >= 15 is 0 Å². The molecule has 0 aliphatic heterocycles. The summed E-state index contributed by atoms with van der Waals surface area (Å²) in [6.07, 6.45) is 1.82. The fraction of sp³-hybridized carbons (Fsp3) is 0.750. The molecule has 0 unspecified atom stereocenters. The Morgan fingerprint density at radius 1 is 1.50 bits per heavy atom. The van der Waals surface area contributed by atoms with Crippen LogP contribution in [-0.4, -0.2) is 48.3 Å². The number of ether oxygens (including phenoxy) is 1. The molecule has 0 aromatic rings. The van der Waals surface area contributed by atoms with Gasteiger partial charge in [-0.15, -0.1) is 0 Å². The van der Waals surface area contributed by atoms with Gasteiger partial charge in [0.25, 0.3) is 0 Å². The van der Waals surface area contributed by atoms with E-state index in [1.807, 2.05) is 13.0 Å². The first-order valence-electron chi connectivity index (χ1n) is 5.50. The highest BCUT2D eigenvalue weighted by Gasteiger charge is 2.16. The van der Waals surface area contributed by atoms with Gasteiger partial charge in [0.15, 0.2) is 0 Å². The molecule has 0 aromatic carbocycles. The second-order valence-electron chi connectivity index (χ2n) is 4.52. The number of nitrogens with zero attached hydrogens (tertiary/aromatic N) is 1. The molecular formula is C12H23NO3. The molecule has 0 aliphatic carbocycles. The normalized spacial score (nSPS) is 13.1. The van der Waals surface area contributed by atoms with Crippen molar-refractivity contribution >= 4 is 5.97 Å². The van der Waals surface area contributed by atoms with Crippen molar-refractivity contribution in [2.75, 3.05) is 26.7 Å². The highest BCUT2D eigenvalue weighted by atomic mass is 16.5. The lowest BCUT2D eigenvalue weighted by Crippen LogP contribution is -2.38. The highest BCUT2D eigenvalue weighted by molar-refractivity contribution is 5.87. The molecule has 0 fully saturated rings. The van der Waals surface area contributed by atoms with Crippen molar-refractivity contribution < 1.29 is 14.6 Å². The second kappa shape index (κ2) is 6.66. The van der Waals surface area contributed by atoms with Crippen molar-refractivity contribution in [3.05, 3.63) is 11.6 Å². The number of methoxy groups -OCH3 is 1. The molecule has 0 bridgehead atoms. The van der Waals surface area contributed by atoms with Gasteiger partial charge in [-0.25, -0.2) is 4.79 Å². The minimum absolute atomic E-state index is 0.306. The number of esters is 1. The van der Waals surface area contributed by atoms with Crippen LogP contribution in [0.2, 0.25) is 0 Å². The van der Waals surface area contributed by atoms with E-state index in [2.05, 4.69) is 9.64 Å². The van der Waals surface area contributed by atoms with Crippen molar-refractivity contribution in [1.29, 1.82) is 0 Å². The highest BCUT2D eigenvalue weighted by Crippen LogP contribution is 2.05. The molecule has 0 heterocycles. The largest absolute Gasteiger partial charge is 0.466 e. The van der Waals surface area contributed by atoms with Crippen LogP contribution in [-0.2, 0) is 9.53 Å². The summed E-state index contributed by atoms with van der Waals surface area (Å²) in [6, 6.07) is 0. The lowest BCUT2D eigenvalue weighted by molar-refractivity contribution is -0.136. The molecule has 0 rings (SSSR count). The molecule has 16 heavy (non-hydrogen) atoms. The Bertz CT molecular complexity index is 253. The average molecular weight is 229 g/mol. The van der Waals surface area contributed by atoms with E-state index in [9.17, 15) is 9.90 Å². The number of rotatable bonds is 6. The number of aliphatic hydroxyl groups is 1. The number of likely N-dealkylation sites (N-methyl/N-ethyl adjacent to an activating group) is 1. The number of hydrogen-bond donors (Lipinski definition) is 1.